The van der Waals surface area contributed by atoms with E-state index in [2.05, 4.69) is 40.3 Å². The van der Waals surface area contributed by atoms with Gasteiger partial charge in [-0.15, -0.1) is 0 Å². The average molecular weight is 215 g/mol. The fourth-order valence-corrected chi connectivity index (χ4v) is 1.66. The smallest absolute Gasteiger partial charge is 0.0529 e. The van der Waals surface area contributed by atoms with Gasteiger partial charge in [0.1, 0.15) is 0 Å². The van der Waals surface area contributed by atoms with E-state index in [-0.39, 0.29) is 0 Å². The molecule has 0 atom stereocenters. The van der Waals surface area contributed by atoms with Crippen LogP contribution in [0.1, 0.15) is 18.9 Å². The van der Waals surface area contributed by atoms with Gasteiger partial charge in [0, 0.05) is 37.9 Å². The van der Waals surface area contributed by atoms with E-state index in [0.29, 0.717) is 0 Å². The van der Waals surface area contributed by atoms with E-state index >= 15 is 0 Å². The van der Waals surface area contributed by atoms with Gasteiger partial charge in [0.05, 0.1) is 5.69 Å². The van der Waals surface area contributed by atoms with Crippen molar-refractivity contribution >= 4 is 5.69 Å². The zero-order valence-electron chi connectivity index (χ0n) is 9.56. The van der Waals surface area contributed by atoms with Gasteiger partial charge in [-0.3, -0.25) is 4.98 Å². The lowest BCUT2D eigenvalue weighted by Gasteiger charge is -2.03. The molecule has 2 aromatic heterocycles. The molecule has 0 aliphatic carbocycles. The van der Waals surface area contributed by atoms with E-state index in [1.54, 1.807) is 6.20 Å². The number of aryl methyl sites for hydroxylation is 1. The highest BCUT2D eigenvalue weighted by Crippen LogP contribution is 2.07. The predicted octanol–water partition coefficient (Wildman–Crippen LogP) is 2.91. The highest BCUT2D eigenvalue weighted by atomic mass is 14.9. The highest BCUT2D eigenvalue weighted by molar-refractivity contribution is 5.40. The second-order valence-electron chi connectivity index (χ2n) is 3.85. The van der Waals surface area contributed by atoms with Gasteiger partial charge < -0.3 is 9.88 Å². The second kappa shape index (κ2) is 5.35. The van der Waals surface area contributed by atoms with Crippen molar-refractivity contribution in [2.45, 2.75) is 26.4 Å². The van der Waals surface area contributed by atoms with Crippen LogP contribution >= 0.6 is 0 Å². The molecule has 0 aliphatic rings. The van der Waals surface area contributed by atoms with Crippen molar-refractivity contribution in [3.8, 4) is 0 Å². The maximum Gasteiger partial charge on any atom is 0.0529 e. The standard InChI is InChI=1S/C13H17N3/c1-2-7-16-8-5-12(11-16)9-15-13-4-3-6-14-10-13/h3-6,8,10-11,15H,2,7,9H2,1H3. The Kier molecular flexibility index (Phi) is 3.59. The number of anilines is 1. The molecule has 16 heavy (non-hydrogen) atoms. The lowest BCUT2D eigenvalue weighted by Crippen LogP contribution is -1.98. The Hall–Kier alpha value is -1.77. The first-order chi connectivity index (χ1) is 7.88. The predicted molar refractivity (Wildman–Crippen MR) is 66.3 cm³/mol. The molecule has 0 aromatic carbocycles. The Morgan fingerprint density at radius 1 is 1.38 bits per heavy atom. The van der Waals surface area contributed by atoms with E-state index in [4.69, 9.17) is 0 Å². The maximum absolute atomic E-state index is 4.06. The molecule has 3 heteroatoms. The number of pyridine rings is 1. The van der Waals surface area contributed by atoms with Crippen molar-refractivity contribution in [2.75, 3.05) is 5.32 Å². The second-order valence-corrected chi connectivity index (χ2v) is 3.85. The number of hydrogen-bond acceptors (Lipinski definition) is 2. The van der Waals surface area contributed by atoms with Crippen LogP contribution in [-0.4, -0.2) is 9.55 Å². The monoisotopic (exact) mass is 215 g/mol. The molecular weight excluding hydrogens is 198 g/mol. The summed E-state index contributed by atoms with van der Waals surface area (Å²) in [5.74, 6) is 0. The fraction of sp³-hybridized carbons (Fsp3) is 0.308. The summed E-state index contributed by atoms with van der Waals surface area (Å²) >= 11 is 0. The number of nitrogens with zero attached hydrogens (tertiary/aromatic N) is 2. The van der Waals surface area contributed by atoms with E-state index < -0.39 is 0 Å². The summed E-state index contributed by atoms with van der Waals surface area (Å²) in [5, 5.41) is 3.34. The van der Waals surface area contributed by atoms with Crippen molar-refractivity contribution in [1.29, 1.82) is 0 Å². The van der Waals surface area contributed by atoms with E-state index in [1.165, 1.54) is 12.0 Å². The molecule has 3 nitrogen and oxygen atoms in total. The third-order valence-corrected chi connectivity index (χ3v) is 2.45. The van der Waals surface area contributed by atoms with Crippen molar-refractivity contribution in [3.63, 3.8) is 0 Å². The lowest BCUT2D eigenvalue weighted by molar-refractivity contribution is 0.681. The first kappa shape index (κ1) is 10.7. The van der Waals surface area contributed by atoms with Crippen molar-refractivity contribution in [2.24, 2.45) is 0 Å². The average Bonchev–Trinajstić information content (AvgIpc) is 2.76. The fourth-order valence-electron chi connectivity index (χ4n) is 1.66. The SMILES string of the molecule is CCCn1ccc(CNc2cccnc2)c1. The van der Waals surface area contributed by atoms with Gasteiger partial charge in [0.15, 0.2) is 0 Å². The van der Waals surface area contributed by atoms with Crippen LogP contribution in [0.3, 0.4) is 0 Å². The summed E-state index contributed by atoms with van der Waals surface area (Å²) in [6.07, 6.45) is 9.10. The largest absolute Gasteiger partial charge is 0.380 e. The number of rotatable bonds is 5. The van der Waals surface area contributed by atoms with Gasteiger partial charge in [-0.25, -0.2) is 0 Å². The number of nitrogens with one attached hydrogen (secondary N) is 1. The molecule has 0 radical (unpaired) electrons. The molecule has 0 amide bonds. The Labute approximate surface area is 96.1 Å². The quantitative estimate of drug-likeness (QED) is 0.831. The summed E-state index contributed by atoms with van der Waals surface area (Å²) in [7, 11) is 0. The molecule has 0 unspecified atom stereocenters. The lowest BCUT2D eigenvalue weighted by atomic mass is 10.3. The van der Waals surface area contributed by atoms with Crippen molar-refractivity contribution in [3.05, 3.63) is 48.5 Å². The molecule has 0 spiro atoms. The number of hydrogen-bond donors (Lipinski definition) is 1. The van der Waals surface area contributed by atoms with Crippen LogP contribution in [0.5, 0.6) is 0 Å². The van der Waals surface area contributed by atoms with Crippen LogP contribution in [0.2, 0.25) is 0 Å². The zero-order chi connectivity index (χ0) is 11.2. The van der Waals surface area contributed by atoms with Crippen LogP contribution < -0.4 is 5.32 Å². The van der Waals surface area contributed by atoms with Gasteiger partial charge in [-0.1, -0.05) is 6.92 Å². The zero-order valence-corrected chi connectivity index (χ0v) is 9.56. The van der Waals surface area contributed by atoms with Crippen LogP contribution in [0.25, 0.3) is 0 Å². The molecule has 0 aliphatic heterocycles. The van der Waals surface area contributed by atoms with E-state index in [1.807, 2.05) is 18.3 Å². The number of aromatic nitrogens is 2. The van der Waals surface area contributed by atoms with Crippen LogP contribution in [0, 0.1) is 0 Å². The minimum atomic E-state index is 0.850. The van der Waals surface area contributed by atoms with Gasteiger partial charge >= 0.3 is 0 Å². The molecule has 2 heterocycles. The summed E-state index contributed by atoms with van der Waals surface area (Å²) in [4.78, 5) is 4.06. The van der Waals surface area contributed by atoms with Crippen LogP contribution in [0.4, 0.5) is 5.69 Å². The molecular formula is C13H17N3. The van der Waals surface area contributed by atoms with Crippen LogP contribution in [-0.2, 0) is 13.1 Å². The minimum absolute atomic E-state index is 0.850. The minimum Gasteiger partial charge on any atom is -0.380 e. The molecule has 0 fully saturated rings. The third kappa shape index (κ3) is 2.86. The summed E-state index contributed by atoms with van der Waals surface area (Å²) < 4.78 is 2.22. The maximum atomic E-state index is 4.06. The Balaban J connectivity index is 1.89. The molecule has 0 saturated carbocycles. The normalized spacial score (nSPS) is 10.3. The Morgan fingerprint density at radius 3 is 3.06 bits per heavy atom. The third-order valence-electron chi connectivity index (χ3n) is 2.45. The molecule has 1 N–H and O–H groups in total. The highest BCUT2D eigenvalue weighted by Gasteiger charge is 1.96. The van der Waals surface area contributed by atoms with Gasteiger partial charge in [-0.2, -0.15) is 0 Å². The topological polar surface area (TPSA) is 29.9 Å². The van der Waals surface area contributed by atoms with Gasteiger partial charge in [0.25, 0.3) is 0 Å². The molecule has 2 aromatic rings. The van der Waals surface area contributed by atoms with E-state index in [9.17, 15) is 0 Å². The van der Waals surface area contributed by atoms with E-state index in [0.717, 1.165) is 18.8 Å². The molecule has 0 bridgehead atoms. The summed E-state index contributed by atoms with van der Waals surface area (Å²) in [6, 6.07) is 6.11. The van der Waals surface area contributed by atoms with Gasteiger partial charge in [-0.05, 0) is 30.2 Å². The molecule has 84 valence electrons. The van der Waals surface area contributed by atoms with Crippen LogP contribution in [0.15, 0.2) is 43.0 Å². The van der Waals surface area contributed by atoms with Crippen molar-refractivity contribution < 1.29 is 0 Å². The Morgan fingerprint density at radius 2 is 2.31 bits per heavy atom. The van der Waals surface area contributed by atoms with Crippen molar-refractivity contribution in [1.82, 2.24) is 9.55 Å². The molecule has 0 saturated heterocycles. The first-order valence-electron chi connectivity index (χ1n) is 5.67. The first-order valence-corrected chi connectivity index (χ1v) is 5.67. The van der Waals surface area contributed by atoms with Gasteiger partial charge in [0.2, 0.25) is 0 Å². The summed E-state index contributed by atoms with van der Waals surface area (Å²) in [5.41, 5.74) is 2.36. The Bertz CT molecular complexity index is 420. The summed E-state index contributed by atoms with van der Waals surface area (Å²) in [6.45, 7) is 4.13. The molecule has 2 rings (SSSR count).